The van der Waals surface area contributed by atoms with E-state index < -0.39 is 17.6 Å². The first kappa shape index (κ1) is 13.0. The number of fused-ring (bicyclic) bond motifs is 1. The Balaban J connectivity index is 2.19. The summed E-state index contributed by atoms with van der Waals surface area (Å²) in [6.07, 6.45) is 0.710. The van der Waals surface area contributed by atoms with Crippen LogP contribution in [0.25, 0.3) is 5.53 Å². The summed E-state index contributed by atoms with van der Waals surface area (Å²) < 4.78 is 4.41. The topological polar surface area (TPSA) is 83.0 Å². The molecule has 1 aliphatic rings. The molecule has 0 unspecified atom stereocenters. The highest BCUT2D eigenvalue weighted by atomic mass is 16.5. The van der Waals surface area contributed by atoms with Gasteiger partial charge in [0.2, 0.25) is 0 Å². The minimum atomic E-state index is -0.939. The molecule has 2 rings (SSSR count). The number of esters is 1. The zero-order valence-corrected chi connectivity index (χ0v) is 10.5. The molecule has 6 heteroatoms. The lowest BCUT2D eigenvalue weighted by atomic mass is 9.99. The van der Waals surface area contributed by atoms with E-state index >= 15 is 0 Å². The largest absolute Gasteiger partial charge is 0.463 e. The van der Waals surface area contributed by atoms with Gasteiger partial charge < -0.3 is 15.2 Å². The lowest BCUT2D eigenvalue weighted by Gasteiger charge is -2.27. The van der Waals surface area contributed by atoms with Crippen LogP contribution in [0.5, 0.6) is 0 Å². The highest BCUT2D eigenvalue weighted by Gasteiger charge is 2.36. The number of amides is 1. The summed E-state index contributed by atoms with van der Waals surface area (Å²) in [7, 11) is 1.13. The van der Waals surface area contributed by atoms with E-state index in [-0.39, 0.29) is 0 Å². The van der Waals surface area contributed by atoms with Crippen LogP contribution in [-0.2, 0) is 27.3 Å². The van der Waals surface area contributed by atoms with Crippen LogP contribution in [0.1, 0.15) is 11.1 Å². The molecule has 0 saturated carbocycles. The Bertz CT molecular complexity index is 576. The molecule has 0 N–H and O–H groups in total. The van der Waals surface area contributed by atoms with Gasteiger partial charge in [-0.05, 0) is 17.5 Å². The number of benzene rings is 1. The molecule has 1 amide bonds. The number of ether oxygens (including phenoxy) is 1. The zero-order valence-electron chi connectivity index (χ0n) is 10.5. The molecule has 1 aliphatic heterocycles. The maximum Gasteiger partial charge on any atom is 0.463 e. The van der Waals surface area contributed by atoms with Gasteiger partial charge in [-0.2, -0.15) is 4.79 Å². The van der Waals surface area contributed by atoms with Crippen molar-refractivity contribution in [2.75, 3.05) is 13.7 Å². The van der Waals surface area contributed by atoms with Crippen molar-refractivity contribution >= 4 is 17.6 Å². The Morgan fingerprint density at radius 2 is 2.00 bits per heavy atom. The van der Waals surface area contributed by atoms with Gasteiger partial charge in [0.1, 0.15) is 0 Å². The third kappa shape index (κ3) is 2.53. The Kier molecular flexibility index (Phi) is 3.73. The van der Waals surface area contributed by atoms with Crippen molar-refractivity contribution in [2.24, 2.45) is 0 Å². The number of carbonyl (C=O) groups is 2. The quantitative estimate of drug-likeness (QED) is 0.253. The third-order valence-electron chi connectivity index (χ3n) is 3.10. The van der Waals surface area contributed by atoms with Gasteiger partial charge >= 0.3 is 17.6 Å². The van der Waals surface area contributed by atoms with Crippen LogP contribution >= 0.6 is 0 Å². The van der Waals surface area contributed by atoms with Gasteiger partial charge in [-0.25, -0.2) is 4.79 Å². The molecular formula is C13H13N3O3. The molecule has 0 saturated heterocycles. The van der Waals surface area contributed by atoms with Crippen LogP contribution in [0.2, 0.25) is 0 Å². The van der Waals surface area contributed by atoms with Crippen molar-refractivity contribution in [1.82, 2.24) is 4.90 Å². The predicted molar refractivity (Wildman–Crippen MR) is 66.2 cm³/mol. The van der Waals surface area contributed by atoms with Crippen molar-refractivity contribution in [3.63, 3.8) is 0 Å². The second kappa shape index (κ2) is 5.46. The van der Waals surface area contributed by atoms with Crippen LogP contribution < -0.4 is 0 Å². The Morgan fingerprint density at radius 3 is 2.63 bits per heavy atom. The first-order chi connectivity index (χ1) is 9.17. The maximum atomic E-state index is 12.1. The first-order valence-corrected chi connectivity index (χ1v) is 5.83. The van der Waals surface area contributed by atoms with Crippen molar-refractivity contribution in [2.45, 2.75) is 13.0 Å². The summed E-state index contributed by atoms with van der Waals surface area (Å²) in [5.41, 5.74) is 10.4. The Hall–Kier alpha value is -2.46. The lowest BCUT2D eigenvalue weighted by molar-refractivity contribution is -0.142. The molecular weight excluding hydrogens is 246 g/mol. The molecule has 0 spiro atoms. The number of nitrogens with zero attached hydrogens (tertiary/aromatic N) is 3. The van der Waals surface area contributed by atoms with Gasteiger partial charge in [-0.1, -0.05) is 24.3 Å². The van der Waals surface area contributed by atoms with Crippen molar-refractivity contribution in [3.8, 4) is 0 Å². The van der Waals surface area contributed by atoms with E-state index in [9.17, 15) is 9.59 Å². The number of methoxy groups -OCH3 is 1. The number of hydrogen-bond acceptors (Lipinski definition) is 3. The first-order valence-electron chi connectivity index (χ1n) is 5.83. The highest BCUT2D eigenvalue weighted by Crippen LogP contribution is 2.18. The van der Waals surface area contributed by atoms with Gasteiger partial charge in [-0.15, -0.1) is 0 Å². The third-order valence-corrected chi connectivity index (χ3v) is 3.10. The number of carbonyl (C=O) groups excluding carboxylic acids is 2. The summed E-state index contributed by atoms with van der Waals surface area (Å²) in [6.45, 7) is 0.872. The van der Waals surface area contributed by atoms with E-state index in [1.165, 1.54) is 10.5 Å². The fourth-order valence-electron chi connectivity index (χ4n) is 2.09. The minimum absolute atomic E-state index is 0.394. The molecule has 1 heterocycles. The maximum absolute atomic E-state index is 12.1. The van der Waals surface area contributed by atoms with E-state index in [4.69, 9.17) is 5.53 Å². The molecule has 0 radical (unpaired) electrons. The lowest BCUT2D eigenvalue weighted by Crippen LogP contribution is -2.43. The summed E-state index contributed by atoms with van der Waals surface area (Å²) >= 11 is 0. The zero-order chi connectivity index (χ0) is 13.8. The Morgan fingerprint density at radius 1 is 1.32 bits per heavy atom. The van der Waals surface area contributed by atoms with E-state index in [1.807, 2.05) is 24.3 Å². The Labute approximate surface area is 110 Å². The molecule has 0 aliphatic carbocycles. The average molecular weight is 259 g/mol. The monoisotopic (exact) mass is 259 g/mol. The van der Waals surface area contributed by atoms with E-state index in [1.54, 1.807) is 0 Å². The van der Waals surface area contributed by atoms with Crippen molar-refractivity contribution < 1.29 is 19.1 Å². The predicted octanol–water partition coefficient (Wildman–Crippen LogP) is 0.415. The van der Waals surface area contributed by atoms with Crippen molar-refractivity contribution in [1.29, 1.82) is 0 Å². The smallest absolute Gasteiger partial charge is 0.460 e. The summed E-state index contributed by atoms with van der Waals surface area (Å²) in [6, 6.07) is 7.79. The highest BCUT2D eigenvalue weighted by molar-refractivity contribution is 6.61. The fourth-order valence-corrected chi connectivity index (χ4v) is 2.09. The molecule has 98 valence electrons. The number of rotatable bonds is 2. The van der Waals surface area contributed by atoms with Gasteiger partial charge in [-0.3, -0.25) is 4.79 Å². The average Bonchev–Trinajstić information content (AvgIpc) is 2.47. The second-order valence-electron chi connectivity index (χ2n) is 4.19. The SMILES string of the molecule is COC(=O)C(=[N+]=[N-])C(=O)N1CCc2ccccc2C1. The summed E-state index contributed by atoms with van der Waals surface area (Å²) in [5, 5.41) is 0. The molecule has 0 atom stereocenters. The van der Waals surface area contributed by atoms with Crippen molar-refractivity contribution in [3.05, 3.63) is 40.9 Å². The van der Waals surface area contributed by atoms with E-state index in [2.05, 4.69) is 9.53 Å². The molecule has 0 bridgehead atoms. The van der Waals surface area contributed by atoms with Gasteiger partial charge in [0.25, 0.3) is 0 Å². The molecule has 19 heavy (non-hydrogen) atoms. The standard InChI is InChI=1S/C13H13N3O3/c1-19-13(18)11(15-14)12(17)16-7-6-9-4-2-3-5-10(9)8-16/h2-5H,6-8H2,1H3. The number of hydrogen-bond donors (Lipinski definition) is 0. The van der Waals surface area contributed by atoms with Crippen LogP contribution in [-0.4, -0.2) is 40.9 Å². The fraction of sp³-hybridized carbons (Fsp3) is 0.308. The van der Waals surface area contributed by atoms with Gasteiger partial charge in [0.15, 0.2) is 0 Å². The molecule has 1 aromatic carbocycles. The summed E-state index contributed by atoms with van der Waals surface area (Å²) in [4.78, 5) is 27.6. The second-order valence-corrected chi connectivity index (χ2v) is 4.19. The van der Waals surface area contributed by atoms with Crippen LogP contribution in [0, 0.1) is 0 Å². The van der Waals surface area contributed by atoms with Gasteiger partial charge in [0.05, 0.1) is 7.11 Å². The minimum Gasteiger partial charge on any atom is -0.460 e. The van der Waals surface area contributed by atoms with Crippen LogP contribution in [0.15, 0.2) is 24.3 Å². The van der Waals surface area contributed by atoms with E-state index in [0.717, 1.165) is 12.7 Å². The summed E-state index contributed by atoms with van der Waals surface area (Å²) in [5.74, 6) is -1.56. The van der Waals surface area contributed by atoms with Crippen LogP contribution in [0.3, 0.4) is 0 Å². The molecule has 0 aromatic heterocycles. The van der Waals surface area contributed by atoms with Crippen LogP contribution in [0.4, 0.5) is 0 Å². The normalized spacial score (nSPS) is 13.2. The molecule has 6 nitrogen and oxygen atoms in total. The van der Waals surface area contributed by atoms with Gasteiger partial charge in [0, 0.05) is 13.1 Å². The van der Waals surface area contributed by atoms with E-state index in [0.29, 0.717) is 19.5 Å². The molecule has 0 fully saturated rings. The molecule has 1 aromatic rings.